The van der Waals surface area contributed by atoms with E-state index in [2.05, 4.69) is 15.9 Å². The Morgan fingerprint density at radius 1 is 1.28 bits per heavy atom. The molecule has 0 radical (unpaired) electrons. The summed E-state index contributed by atoms with van der Waals surface area (Å²) in [6.45, 7) is 3.98. The molecule has 18 heavy (non-hydrogen) atoms. The van der Waals surface area contributed by atoms with Crippen molar-refractivity contribution in [1.82, 2.24) is 0 Å². The van der Waals surface area contributed by atoms with E-state index >= 15 is 0 Å². The minimum atomic E-state index is -4.34. The lowest BCUT2D eigenvalue weighted by molar-refractivity contribution is -0.137. The van der Waals surface area contributed by atoms with Crippen LogP contribution in [0.25, 0.3) is 0 Å². The lowest BCUT2D eigenvalue weighted by Crippen LogP contribution is -2.14. The Balaban J connectivity index is 2.80. The molecule has 0 saturated carbocycles. The molecule has 1 N–H and O–H groups in total. The molecule has 1 nitrogen and oxygen atoms in total. The molecule has 0 bridgehead atoms. The first-order valence-electron chi connectivity index (χ1n) is 5.74. The average Bonchev–Trinajstić information content (AvgIpc) is 2.18. The molecule has 0 amide bonds. The first-order chi connectivity index (χ1) is 8.20. The number of rotatable bonds is 4. The van der Waals surface area contributed by atoms with Crippen LogP contribution in [0.5, 0.6) is 0 Å². The van der Waals surface area contributed by atoms with Crippen molar-refractivity contribution in [3.8, 4) is 0 Å². The highest BCUT2D eigenvalue weighted by molar-refractivity contribution is 9.10. The summed E-state index contributed by atoms with van der Waals surface area (Å²) in [4.78, 5) is 0. The normalized spacial score (nSPS) is 14.0. The maximum atomic E-state index is 12.5. The topological polar surface area (TPSA) is 20.2 Å². The first kappa shape index (κ1) is 15.5. The Bertz CT molecular complexity index is 402. The van der Waals surface area contributed by atoms with E-state index in [4.69, 9.17) is 0 Å². The van der Waals surface area contributed by atoms with E-state index in [1.807, 2.05) is 13.8 Å². The molecule has 0 aliphatic carbocycles. The molecular weight excluding hydrogens is 309 g/mol. The van der Waals surface area contributed by atoms with Crippen LogP contribution in [0, 0.1) is 5.92 Å². The van der Waals surface area contributed by atoms with Crippen LogP contribution in [0.15, 0.2) is 22.7 Å². The molecule has 0 aromatic heterocycles. The summed E-state index contributed by atoms with van der Waals surface area (Å²) in [6.07, 6.45) is -3.87. The van der Waals surface area contributed by atoms with Crippen LogP contribution in [0.4, 0.5) is 13.2 Å². The minimum Gasteiger partial charge on any atom is -0.393 e. The Hall–Kier alpha value is -0.550. The fourth-order valence-electron chi connectivity index (χ4n) is 1.77. The maximum Gasteiger partial charge on any atom is 0.416 e. The summed E-state index contributed by atoms with van der Waals surface area (Å²) in [7, 11) is 0. The van der Waals surface area contributed by atoms with Crippen LogP contribution in [0.2, 0.25) is 0 Å². The van der Waals surface area contributed by atoms with Crippen LogP contribution < -0.4 is 0 Å². The Morgan fingerprint density at radius 3 is 2.33 bits per heavy atom. The monoisotopic (exact) mass is 324 g/mol. The number of aliphatic hydroxyl groups excluding tert-OH is 1. The molecule has 0 aliphatic heterocycles. The molecule has 0 fully saturated rings. The molecule has 1 aromatic rings. The van der Waals surface area contributed by atoms with Crippen molar-refractivity contribution in [2.24, 2.45) is 5.92 Å². The second kappa shape index (κ2) is 6.06. The van der Waals surface area contributed by atoms with Gasteiger partial charge in [-0.15, -0.1) is 0 Å². The van der Waals surface area contributed by atoms with Crippen molar-refractivity contribution >= 4 is 15.9 Å². The zero-order valence-electron chi connectivity index (χ0n) is 10.3. The minimum absolute atomic E-state index is 0.355. The maximum absolute atomic E-state index is 12.5. The Kier molecular flexibility index (Phi) is 5.22. The molecule has 0 aliphatic rings. The van der Waals surface area contributed by atoms with Crippen molar-refractivity contribution in [1.29, 1.82) is 0 Å². The predicted molar refractivity (Wildman–Crippen MR) is 68.3 cm³/mol. The van der Waals surface area contributed by atoms with Gasteiger partial charge < -0.3 is 5.11 Å². The fourth-order valence-corrected chi connectivity index (χ4v) is 2.31. The molecule has 0 saturated heterocycles. The van der Waals surface area contributed by atoms with Gasteiger partial charge in [0.2, 0.25) is 0 Å². The van der Waals surface area contributed by atoms with Crippen molar-refractivity contribution in [2.45, 2.75) is 39.0 Å². The third-order valence-electron chi connectivity index (χ3n) is 2.58. The van der Waals surface area contributed by atoms with Gasteiger partial charge in [-0.2, -0.15) is 13.2 Å². The largest absolute Gasteiger partial charge is 0.416 e. The summed E-state index contributed by atoms with van der Waals surface area (Å²) in [6, 6.07) is 3.51. The fraction of sp³-hybridized carbons (Fsp3) is 0.538. The Morgan fingerprint density at radius 2 is 1.89 bits per heavy atom. The predicted octanol–water partition coefficient (Wildman–Crippen LogP) is 4.42. The van der Waals surface area contributed by atoms with Gasteiger partial charge in [-0.3, -0.25) is 0 Å². The van der Waals surface area contributed by atoms with Crippen molar-refractivity contribution in [3.63, 3.8) is 0 Å². The number of hydrogen-bond donors (Lipinski definition) is 1. The molecule has 0 spiro atoms. The molecule has 102 valence electrons. The van der Waals surface area contributed by atoms with Crippen molar-refractivity contribution in [3.05, 3.63) is 33.8 Å². The molecule has 1 atom stereocenters. The van der Waals surface area contributed by atoms with E-state index in [-0.39, 0.29) is 0 Å². The number of benzene rings is 1. The summed E-state index contributed by atoms with van der Waals surface area (Å²) in [5.74, 6) is 0.355. The molecular formula is C13H16BrF3O. The summed E-state index contributed by atoms with van der Waals surface area (Å²) in [5.41, 5.74) is 0.00706. The van der Waals surface area contributed by atoms with Gasteiger partial charge in [-0.25, -0.2) is 0 Å². The standard InChI is InChI=1S/C13H16BrF3O/c1-8(2)5-11(18)6-9-3-4-10(7-12(9)14)13(15,16)17/h3-4,7-8,11,18H,5-6H2,1-2H3. The van der Waals surface area contributed by atoms with E-state index in [1.54, 1.807) is 0 Å². The van der Waals surface area contributed by atoms with E-state index in [1.165, 1.54) is 6.07 Å². The summed E-state index contributed by atoms with van der Waals surface area (Å²) >= 11 is 3.12. The van der Waals surface area contributed by atoms with Crippen molar-refractivity contribution in [2.75, 3.05) is 0 Å². The molecule has 5 heteroatoms. The average molecular weight is 325 g/mol. The van der Waals surface area contributed by atoms with Gasteiger partial charge in [0.05, 0.1) is 11.7 Å². The number of hydrogen-bond acceptors (Lipinski definition) is 1. The highest BCUT2D eigenvalue weighted by Gasteiger charge is 2.30. The SMILES string of the molecule is CC(C)CC(O)Cc1ccc(C(F)(F)F)cc1Br. The van der Waals surface area contributed by atoms with E-state index < -0.39 is 17.8 Å². The molecule has 0 heterocycles. The van der Waals surface area contributed by atoms with Gasteiger partial charge >= 0.3 is 6.18 Å². The highest BCUT2D eigenvalue weighted by Crippen LogP contribution is 2.32. The van der Waals surface area contributed by atoms with Crippen LogP contribution in [0.1, 0.15) is 31.4 Å². The quantitative estimate of drug-likeness (QED) is 0.869. The second-order valence-corrected chi connectivity index (χ2v) is 5.65. The molecule has 1 aromatic carbocycles. The third-order valence-corrected chi connectivity index (χ3v) is 3.32. The number of halogens is 4. The molecule has 1 rings (SSSR count). The number of alkyl halides is 3. The van der Waals surface area contributed by atoms with Gasteiger partial charge in [-0.1, -0.05) is 35.8 Å². The second-order valence-electron chi connectivity index (χ2n) is 4.79. The smallest absolute Gasteiger partial charge is 0.393 e. The Labute approximate surface area is 113 Å². The van der Waals surface area contributed by atoms with Crippen LogP contribution in [-0.2, 0) is 12.6 Å². The van der Waals surface area contributed by atoms with Crippen LogP contribution in [0.3, 0.4) is 0 Å². The van der Waals surface area contributed by atoms with Gasteiger partial charge in [0, 0.05) is 4.47 Å². The lowest BCUT2D eigenvalue weighted by Gasteiger charge is -2.15. The third kappa shape index (κ3) is 4.61. The van der Waals surface area contributed by atoms with Gasteiger partial charge in [0.1, 0.15) is 0 Å². The van der Waals surface area contributed by atoms with Crippen LogP contribution >= 0.6 is 15.9 Å². The highest BCUT2D eigenvalue weighted by atomic mass is 79.9. The summed E-state index contributed by atoms with van der Waals surface area (Å²) < 4.78 is 37.8. The summed E-state index contributed by atoms with van der Waals surface area (Å²) in [5, 5.41) is 9.78. The van der Waals surface area contributed by atoms with Crippen LogP contribution in [-0.4, -0.2) is 11.2 Å². The van der Waals surface area contributed by atoms with E-state index in [0.717, 1.165) is 12.1 Å². The van der Waals surface area contributed by atoms with Gasteiger partial charge in [-0.05, 0) is 36.5 Å². The zero-order valence-corrected chi connectivity index (χ0v) is 11.8. The molecule has 1 unspecified atom stereocenters. The zero-order chi connectivity index (χ0) is 13.9. The number of aliphatic hydroxyl groups is 1. The van der Waals surface area contributed by atoms with Gasteiger partial charge in [0.15, 0.2) is 0 Å². The first-order valence-corrected chi connectivity index (χ1v) is 6.53. The van der Waals surface area contributed by atoms with Gasteiger partial charge in [0.25, 0.3) is 0 Å². The van der Waals surface area contributed by atoms with E-state index in [9.17, 15) is 18.3 Å². The lowest BCUT2D eigenvalue weighted by atomic mass is 9.99. The van der Waals surface area contributed by atoms with E-state index in [0.29, 0.717) is 28.8 Å². The van der Waals surface area contributed by atoms with Crippen molar-refractivity contribution < 1.29 is 18.3 Å².